The lowest BCUT2D eigenvalue weighted by atomic mass is 9.47. The van der Waals surface area contributed by atoms with Crippen molar-refractivity contribution in [3.05, 3.63) is 28.5 Å². The van der Waals surface area contributed by atoms with Gasteiger partial charge in [0.15, 0.2) is 11.5 Å². The topological polar surface area (TPSA) is 72.8 Å². The summed E-state index contributed by atoms with van der Waals surface area (Å²) < 4.78 is 6.09. The van der Waals surface area contributed by atoms with Crippen LogP contribution in [0.3, 0.4) is 0 Å². The van der Waals surface area contributed by atoms with E-state index in [1.165, 1.54) is 0 Å². The minimum absolute atomic E-state index is 0.138. The Kier molecular flexibility index (Phi) is 2.76. The lowest BCUT2D eigenvalue weighted by Gasteiger charge is -2.68. The molecule has 6 rings (SSSR count). The molecule has 0 aromatic heterocycles. The number of aromatic hydroxyl groups is 1. The molecule has 2 aliphatic heterocycles. The minimum atomic E-state index is -1.02. The average molecular weight is 357 g/mol. The predicted octanol–water partition coefficient (Wildman–Crippen LogP) is 2.61. The molecule has 0 radical (unpaired) electrons. The fraction of sp³-hybridized carbons (Fsp3) is 0.714. The van der Waals surface area contributed by atoms with E-state index in [9.17, 15) is 15.4 Å². The van der Waals surface area contributed by atoms with E-state index in [1.807, 2.05) is 6.07 Å². The van der Waals surface area contributed by atoms with Gasteiger partial charge >= 0.3 is 0 Å². The molecule has 1 aromatic carbocycles. The largest absolute Gasteiger partial charge is 0.632 e. The van der Waals surface area contributed by atoms with E-state index < -0.39 is 11.0 Å². The van der Waals surface area contributed by atoms with Crippen molar-refractivity contribution in [2.75, 3.05) is 13.1 Å². The fourth-order valence-corrected chi connectivity index (χ4v) is 7.01. The number of rotatable bonds is 2. The summed E-state index contributed by atoms with van der Waals surface area (Å²) in [5.41, 5.74) is 0.584. The molecule has 6 atom stereocenters. The highest BCUT2D eigenvalue weighted by Gasteiger charge is 2.75. The second kappa shape index (κ2) is 4.57. The van der Waals surface area contributed by atoms with Gasteiger partial charge in [0.05, 0.1) is 18.5 Å². The summed E-state index contributed by atoms with van der Waals surface area (Å²) in [6.45, 7) is 3.40. The zero-order chi connectivity index (χ0) is 17.9. The number of hydrogen-bond acceptors (Lipinski definition) is 4. The van der Waals surface area contributed by atoms with Gasteiger partial charge in [0.2, 0.25) is 0 Å². The molecule has 5 heteroatoms. The summed E-state index contributed by atoms with van der Waals surface area (Å²) in [7, 11) is 0. The van der Waals surface area contributed by atoms with Crippen molar-refractivity contribution < 1.29 is 19.6 Å². The molecular weight excluding hydrogens is 330 g/mol. The van der Waals surface area contributed by atoms with Crippen molar-refractivity contribution in [2.24, 2.45) is 11.8 Å². The van der Waals surface area contributed by atoms with Crippen LogP contribution in [0.4, 0.5) is 0 Å². The molecule has 26 heavy (non-hydrogen) atoms. The second-order valence-electron chi connectivity index (χ2n) is 9.67. The van der Waals surface area contributed by atoms with E-state index in [1.54, 1.807) is 6.07 Å². The van der Waals surface area contributed by atoms with E-state index in [4.69, 9.17) is 4.74 Å². The van der Waals surface area contributed by atoms with Crippen LogP contribution in [0.25, 0.3) is 0 Å². The molecule has 3 aliphatic carbocycles. The third-order valence-corrected chi connectivity index (χ3v) is 8.35. The second-order valence-corrected chi connectivity index (χ2v) is 9.67. The van der Waals surface area contributed by atoms with E-state index in [-0.39, 0.29) is 22.5 Å². The number of hydrogen-bond donors (Lipinski definition) is 2. The Morgan fingerprint density at radius 1 is 1.27 bits per heavy atom. The summed E-state index contributed by atoms with van der Waals surface area (Å²) >= 11 is 0. The zero-order valence-corrected chi connectivity index (χ0v) is 15.3. The van der Waals surface area contributed by atoms with Crippen molar-refractivity contribution >= 4 is 0 Å². The van der Waals surface area contributed by atoms with Gasteiger partial charge in [0.1, 0.15) is 17.7 Å². The molecule has 2 N–H and O–H groups in total. The standard InChI is InChI=1S/C21H27NO4/c1-12-6-7-21(24)16-10-14-4-5-15(23)18-17(14)20(21,19(12)26-18)8-9-22(16,25)11-13-2-3-13/h4-5,12-13,16,19,23-24H,2-3,6-11H2,1H3/t12-,16+,19-,20-,21+,22?/m0/s1. The summed E-state index contributed by atoms with van der Waals surface area (Å²) in [6, 6.07) is 3.35. The summed E-state index contributed by atoms with van der Waals surface area (Å²) in [5.74, 6) is 1.60. The Hall–Kier alpha value is -1.30. The number of likely N-dealkylation sites (tertiary alicyclic amines) is 1. The van der Waals surface area contributed by atoms with Crippen LogP contribution in [0, 0.1) is 17.0 Å². The average Bonchev–Trinajstić information content (AvgIpc) is 3.32. The van der Waals surface area contributed by atoms with Crippen LogP contribution < -0.4 is 4.74 Å². The van der Waals surface area contributed by atoms with Crippen molar-refractivity contribution in [3.63, 3.8) is 0 Å². The van der Waals surface area contributed by atoms with Gasteiger partial charge in [-0.15, -0.1) is 0 Å². The predicted molar refractivity (Wildman–Crippen MR) is 95.7 cm³/mol. The van der Waals surface area contributed by atoms with Gasteiger partial charge in [-0.3, -0.25) is 0 Å². The number of nitrogens with zero attached hydrogens (tertiary/aromatic N) is 1. The third kappa shape index (κ3) is 1.60. The van der Waals surface area contributed by atoms with E-state index in [0.29, 0.717) is 49.9 Å². The van der Waals surface area contributed by atoms with Crippen molar-refractivity contribution in [2.45, 2.75) is 68.6 Å². The van der Waals surface area contributed by atoms with Crippen molar-refractivity contribution in [1.82, 2.24) is 0 Å². The zero-order valence-electron chi connectivity index (χ0n) is 15.3. The molecule has 1 unspecified atom stereocenters. The maximum Gasteiger partial charge on any atom is 0.165 e. The molecule has 2 bridgehead atoms. The summed E-state index contributed by atoms with van der Waals surface area (Å²) in [4.78, 5) is 0. The number of piperidine rings is 1. The SMILES string of the molecule is C[C@H]1CC[C@@]2(O)[C@H]3Cc4ccc(O)c5c4[C@@]2(CC[N+]3([O-])CC2CC2)[C@H]1O5. The van der Waals surface area contributed by atoms with Gasteiger partial charge < -0.3 is 24.8 Å². The van der Waals surface area contributed by atoms with Crippen LogP contribution in [-0.4, -0.2) is 45.7 Å². The normalized spacial score (nSPS) is 48.0. The highest BCUT2D eigenvalue weighted by molar-refractivity contribution is 5.62. The third-order valence-electron chi connectivity index (χ3n) is 8.35. The quantitative estimate of drug-likeness (QED) is 0.630. The van der Waals surface area contributed by atoms with Crippen LogP contribution in [-0.2, 0) is 11.8 Å². The lowest BCUT2D eigenvalue weighted by molar-refractivity contribution is -0.924. The first-order chi connectivity index (χ1) is 12.4. The van der Waals surface area contributed by atoms with Gasteiger partial charge in [-0.1, -0.05) is 13.0 Å². The number of ether oxygens (including phenoxy) is 1. The molecule has 0 amide bonds. The number of aliphatic hydroxyl groups is 1. The fourth-order valence-electron chi connectivity index (χ4n) is 7.01. The van der Waals surface area contributed by atoms with Gasteiger partial charge in [-0.2, -0.15) is 0 Å². The summed E-state index contributed by atoms with van der Waals surface area (Å²) in [5, 5.41) is 36.5. The van der Waals surface area contributed by atoms with Crippen LogP contribution in [0.5, 0.6) is 11.5 Å². The highest BCUT2D eigenvalue weighted by Crippen LogP contribution is 2.67. The molecule has 1 spiro atoms. The number of phenols is 1. The minimum Gasteiger partial charge on any atom is -0.632 e. The Labute approximate surface area is 153 Å². The number of phenolic OH excluding ortho intramolecular Hbond substituents is 1. The molecule has 5 nitrogen and oxygen atoms in total. The monoisotopic (exact) mass is 357 g/mol. The smallest absolute Gasteiger partial charge is 0.165 e. The summed E-state index contributed by atoms with van der Waals surface area (Å²) in [6.07, 6.45) is 4.98. The van der Waals surface area contributed by atoms with Crippen molar-refractivity contribution in [1.29, 1.82) is 0 Å². The van der Waals surface area contributed by atoms with Gasteiger partial charge in [0, 0.05) is 24.3 Å². The molecule has 140 valence electrons. The first kappa shape index (κ1) is 15.7. The maximum absolute atomic E-state index is 13.9. The Bertz CT molecular complexity index is 807. The van der Waals surface area contributed by atoms with Gasteiger partial charge in [-0.25, -0.2) is 0 Å². The molecule has 2 heterocycles. The van der Waals surface area contributed by atoms with Gasteiger partial charge in [-0.05, 0) is 43.2 Å². The van der Waals surface area contributed by atoms with Crippen LogP contribution in [0.1, 0.15) is 50.2 Å². The number of benzene rings is 1. The molecule has 3 fully saturated rings. The van der Waals surface area contributed by atoms with E-state index in [2.05, 4.69) is 6.92 Å². The Balaban J connectivity index is 1.59. The van der Waals surface area contributed by atoms with E-state index >= 15 is 0 Å². The Morgan fingerprint density at radius 2 is 2.08 bits per heavy atom. The Morgan fingerprint density at radius 3 is 2.85 bits per heavy atom. The van der Waals surface area contributed by atoms with Crippen LogP contribution in [0.2, 0.25) is 0 Å². The first-order valence-corrected chi connectivity index (χ1v) is 10.2. The highest BCUT2D eigenvalue weighted by atomic mass is 16.6. The maximum atomic E-state index is 13.9. The number of quaternary nitrogens is 1. The van der Waals surface area contributed by atoms with Gasteiger partial charge in [0.25, 0.3) is 0 Å². The first-order valence-electron chi connectivity index (χ1n) is 10.2. The molecule has 5 aliphatic rings. The lowest BCUT2D eigenvalue weighted by Crippen LogP contribution is -2.80. The molecule has 2 saturated carbocycles. The molecular formula is C21H27NO4. The van der Waals surface area contributed by atoms with Crippen LogP contribution >= 0.6 is 0 Å². The molecule has 1 aromatic rings. The van der Waals surface area contributed by atoms with E-state index in [0.717, 1.165) is 30.4 Å². The molecule has 1 saturated heterocycles. The number of hydroxylamine groups is 3. The van der Waals surface area contributed by atoms with Crippen LogP contribution in [0.15, 0.2) is 12.1 Å². The van der Waals surface area contributed by atoms with Crippen molar-refractivity contribution in [3.8, 4) is 11.5 Å².